The predicted octanol–water partition coefficient (Wildman–Crippen LogP) is 6.20. The minimum Gasteiger partial charge on any atom is -0.465 e. The van der Waals surface area contributed by atoms with Gasteiger partial charge in [-0.3, -0.25) is 19.2 Å². The molecule has 330 valence electrons. The van der Waals surface area contributed by atoms with Gasteiger partial charge >= 0.3 is 12.2 Å². The number of rotatable bonds is 14. The number of nitrogens with two attached hydrogens (primary N) is 2. The van der Waals surface area contributed by atoms with Crippen molar-refractivity contribution in [2.75, 3.05) is 13.1 Å². The molecule has 62 heavy (non-hydrogen) atoms. The number of amides is 6. The van der Waals surface area contributed by atoms with E-state index in [0.717, 1.165) is 24.0 Å². The van der Waals surface area contributed by atoms with Crippen LogP contribution in [-0.4, -0.2) is 81.0 Å². The Morgan fingerprint density at radius 2 is 0.919 bits per heavy atom. The summed E-state index contributed by atoms with van der Waals surface area (Å²) in [7, 11) is 0. The summed E-state index contributed by atoms with van der Waals surface area (Å²) in [6.45, 7) is 7.56. The first-order valence-electron chi connectivity index (χ1n) is 22.0. The molecule has 2 saturated carbocycles. The predicted molar refractivity (Wildman–Crippen MR) is 232 cm³/mol. The van der Waals surface area contributed by atoms with E-state index < -0.39 is 59.0 Å². The quantitative estimate of drug-likeness (QED) is 0.109. The Kier molecular flexibility index (Phi) is 12.4. The number of benzene rings is 3. The lowest BCUT2D eigenvalue weighted by molar-refractivity contribution is -0.146. The molecule has 14 nitrogen and oxygen atoms in total. The molecule has 0 spiro atoms. The Bertz CT molecular complexity index is 2060. The highest BCUT2D eigenvalue weighted by molar-refractivity contribution is 5.96. The van der Waals surface area contributed by atoms with Gasteiger partial charge in [-0.05, 0) is 120 Å². The van der Waals surface area contributed by atoms with Crippen LogP contribution in [0.2, 0.25) is 0 Å². The molecule has 2 unspecified atom stereocenters. The van der Waals surface area contributed by atoms with Crippen molar-refractivity contribution in [2.45, 2.75) is 126 Å². The Balaban J connectivity index is 1.21. The number of hydrogen-bond acceptors (Lipinski definition) is 6. The first kappa shape index (κ1) is 44.1. The van der Waals surface area contributed by atoms with Crippen molar-refractivity contribution >= 4 is 35.8 Å². The van der Waals surface area contributed by atoms with Crippen molar-refractivity contribution in [3.05, 3.63) is 106 Å². The molecule has 6 atom stereocenters. The van der Waals surface area contributed by atoms with Crippen LogP contribution in [0.15, 0.2) is 72.8 Å². The first-order chi connectivity index (χ1) is 29.5. The second-order valence-electron chi connectivity index (χ2n) is 18.5. The minimum atomic E-state index is -1.43. The van der Waals surface area contributed by atoms with E-state index in [-0.39, 0.29) is 42.7 Å². The van der Waals surface area contributed by atoms with E-state index in [4.69, 9.17) is 11.5 Å². The maximum Gasteiger partial charge on any atom is 0.405 e. The highest BCUT2D eigenvalue weighted by Crippen LogP contribution is 2.55. The van der Waals surface area contributed by atoms with Crippen molar-refractivity contribution in [3.63, 3.8) is 0 Å². The highest BCUT2D eigenvalue weighted by atomic mass is 16.4. The van der Waals surface area contributed by atoms with Gasteiger partial charge in [-0.25, -0.2) is 9.59 Å². The van der Waals surface area contributed by atoms with Gasteiger partial charge in [-0.15, -0.1) is 0 Å². The molecule has 3 aromatic carbocycles. The standard InChI is InChI=1S/C48H60N6O8/c1-27(2)39(51-45(59)60)41(55)53-25-5-23-47(53,43(49)57)34-17-13-31(14-18-34)36-21-22-37(38(36)33-11-9-30(10-12-33)29-7-8-29)32-15-19-35(20-16-32)48(44(50)58)24-6-26-54(48)42(56)40(28(3)4)52-46(61)62/h9-20,27-29,36-40,51-52H,5-8,21-26H2,1-4H3,(H2,49,57)(H2,50,58)(H,59,60)(H,61,62)/t36?,37?,38?,39-,40-,47-,48-/m0/s1. The Morgan fingerprint density at radius 3 is 1.24 bits per heavy atom. The van der Waals surface area contributed by atoms with E-state index in [1.807, 2.05) is 48.5 Å². The monoisotopic (exact) mass is 848 g/mol. The van der Waals surface area contributed by atoms with Crippen LogP contribution in [0.4, 0.5) is 9.59 Å². The van der Waals surface area contributed by atoms with Gasteiger partial charge in [-0.1, -0.05) is 100 Å². The largest absolute Gasteiger partial charge is 0.465 e. The lowest BCUT2D eigenvalue weighted by Gasteiger charge is -2.39. The zero-order valence-corrected chi connectivity index (χ0v) is 36.0. The van der Waals surface area contributed by atoms with Gasteiger partial charge in [0.2, 0.25) is 23.6 Å². The molecule has 2 saturated heterocycles. The highest BCUT2D eigenvalue weighted by Gasteiger charge is 2.53. The van der Waals surface area contributed by atoms with Crippen LogP contribution in [0.1, 0.15) is 136 Å². The SMILES string of the molecule is CC(C)[C@H](NC(=O)O)C(=O)N1CCC[C@@]1(C(N)=O)c1ccc(C2CCC(c3ccc([C@]4(C(N)=O)CCCN4C(=O)[C@@H](NC(=O)O)C(C)C)cc3)C2c2ccc(C3CC3)cc2)cc1. The van der Waals surface area contributed by atoms with Crippen LogP contribution in [-0.2, 0) is 30.3 Å². The lowest BCUT2D eigenvalue weighted by Crippen LogP contribution is -2.59. The number of primary amides is 2. The zero-order valence-electron chi connectivity index (χ0n) is 36.0. The molecular formula is C48H60N6O8. The van der Waals surface area contributed by atoms with Gasteiger partial charge in [0.25, 0.3) is 0 Å². The fourth-order valence-corrected chi connectivity index (χ4v) is 10.9. The molecule has 14 heteroatoms. The van der Waals surface area contributed by atoms with E-state index >= 15 is 0 Å². The summed E-state index contributed by atoms with van der Waals surface area (Å²) in [4.78, 5) is 81.0. The summed E-state index contributed by atoms with van der Waals surface area (Å²) in [6, 6.07) is 22.6. The van der Waals surface area contributed by atoms with Gasteiger partial charge in [0, 0.05) is 13.1 Å². The molecule has 6 amide bonds. The molecule has 0 aromatic heterocycles. The van der Waals surface area contributed by atoms with Crippen LogP contribution in [0.5, 0.6) is 0 Å². The third kappa shape index (κ3) is 7.99. The average Bonchev–Trinajstić information content (AvgIpc) is 3.60. The number of hydrogen-bond donors (Lipinski definition) is 6. The number of nitrogens with one attached hydrogen (secondary N) is 2. The summed E-state index contributed by atoms with van der Waals surface area (Å²) in [5.74, 6) is -2.15. The Labute approximate surface area is 362 Å². The van der Waals surface area contributed by atoms with E-state index in [1.54, 1.807) is 27.7 Å². The number of carbonyl (C=O) groups excluding carboxylic acids is 4. The Hall–Kier alpha value is -5.92. The van der Waals surface area contributed by atoms with E-state index in [9.17, 15) is 39.0 Å². The third-order valence-electron chi connectivity index (χ3n) is 14.2. The van der Waals surface area contributed by atoms with Crippen LogP contribution in [0.3, 0.4) is 0 Å². The second kappa shape index (κ2) is 17.5. The molecule has 0 radical (unpaired) electrons. The van der Waals surface area contributed by atoms with Crippen molar-refractivity contribution < 1.29 is 39.0 Å². The second-order valence-corrected chi connectivity index (χ2v) is 18.5. The number of carboxylic acid groups (broad SMARTS) is 2. The van der Waals surface area contributed by atoms with Crippen molar-refractivity contribution in [2.24, 2.45) is 23.3 Å². The summed E-state index contributed by atoms with van der Waals surface area (Å²) in [6.07, 6.45) is 3.20. The number of carbonyl (C=O) groups is 6. The van der Waals surface area contributed by atoms with Gasteiger partial charge in [-0.2, -0.15) is 0 Å². The molecular weight excluding hydrogens is 789 g/mol. The smallest absolute Gasteiger partial charge is 0.405 e. The number of likely N-dealkylation sites (tertiary alicyclic amines) is 2. The molecule has 4 aliphatic rings. The maximum absolute atomic E-state index is 13.9. The van der Waals surface area contributed by atoms with Crippen LogP contribution in [0, 0.1) is 11.8 Å². The summed E-state index contributed by atoms with van der Waals surface area (Å²) < 4.78 is 0. The van der Waals surface area contributed by atoms with Gasteiger partial charge in [0.05, 0.1) is 0 Å². The van der Waals surface area contributed by atoms with Gasteiger partial charge in [0.1, 0.15) is 23.2 Å². The van der Waals surface area contributed by atoms with Gasteiger partial charge in [0.15, 0.2) is 0 Å². The van der Waals surface area contributed by atoms with Crippen LogP contribution < -0.4 is 22.1 Å². The third-order valence-corrected chi connectivity index (χ3v) is 14.2. The minimum absolute atomic E-state index is 0.0621. The molecule has 2 aliphatic carbocycles. The maximum atomic E-state index is 13.9. The molecule has 2 heterocycles. The molecule has 0 bridgehead atoms. The zero-order chi connectivity index (χ0) is 44.7. The normalized spacial score (nSPS) is 25.7. The molecule has 8 N–H and O–H groups in total. The Morgan fingerprint density at radius 1 is 0.565 bits per heavy atom. The summed E-state index contributed by atoms with van der Waals surface area (Å²) in [5.41, 5.74) is 15.3. The molecule has 7 rings (SSSR count). The fourth-order valence-electron chi connectivity index (χ4n) is 10.9. The topological polar surface area (TPSA) is 225 Å². The molecule has 4 fully saturated rings. The van der Waals surface area contributed by atoms with Crippen molar-refractivity contribution in [1.82, 2.24) is 20.4 Å². The van der Waals surface area contributed by atoms with E-state index in [2.05, 4.69) is 34.9 Å². The molecule has 2 aliphatic heterocycles. The van der Waals surface area contributed by atoms with Crippen LogP contribution >= 0.6 is 0 Å². The van der Waals surface area contributed by atoms with E-state index in [1.165, 1.54) is 33.8 Å². The fraction of sp³-hybridized carbons (Fsp3) is 0.500. The number of nitrogens with zero attached hydrogens (tertiary/aromatic N) is 2. The summed E-state index contributed by atoms with van der Waals surface area (Å²) in [5, 5.41) is 23.7. The first-order valence-corrected chi connectivity index (χ1v) is 22.0. The molecule has 3 aromatic rings. The van der Waals surface area contributed by atoms with E-state index in [0.29, 0.717) is 42.7 Å². The van der Waals surface area contributed by atoms with Crippen LogP contribution in [0.25, 0.3) is 0 Å². The lowest BCUT2D eigenvalue weighted by atomic mass is 9.76. The van der Waals surface area contributed by atoms with Crippen molar-refractivity contribution in [3.8, 4) is 0 Å². The van der Waals surface area contributed by atoms with Gasteiger partial charge < -0.3 is 42.1 Å². The average molecular weight is 849 g/mol. The van der Waals surface area contributed by atoms with Crippen molar-refractivity contribution in [1.29, 1.82) is 0 Å². The summed E-state index contributed by atoms with van der Waals surface area (Å²) >= 11 is 0.